The van der Waals surface area contributed by atoms with Gasteiger partial charge in [-0.15, -0.1) is 0 Å². The molecule has 0 atom stereocenters. The van der Waals surface area contributed by atoms with E-state index in [9.17, 15) is 18.3 Å². The number of aliphatic hydroxyl groups is 1. The van der Waals surface area contributed by atoms with Crippen LogP contribution in [0.4, 0.5) is 0 Å². The van der Waals surface area contributed by atoms with E-state index < -0.39 is 27.7 Å². The van der Waals surface area contributed by atoms with Gasteiger partial charge in [0, 0.05) is 26.2 Å². The van der Waals surface area contributed by atoms with Gasteiger partial charge in [0.05, 0.1) is 11.5 Å². The van der Waals surface area contributed by atoms with Gasteiger partial charge in [-0.1, -0.05) is 6.92 Å². The zero-order valence-corrected chi connectivity index (χ0v) is 11.8. The van der Waals surface area contributed by atoms with E-state index in [1.54, 1.807) is 0 Å². The predicted molar refractivity (Wildman–Crippen MR) is 67.7 cm³/mol. The van der Waals surface area contributed by atoms with Crippen LogP contribution in [-0.2, 0) is 15.0 Å². The fourth-order valence-corrected chi connectivity index (χ4v) is 4.30. The lowest BCUT2D eigenvalue weighted by Crippen LogP contribution is -2.65. The van der Waals surface area contributed by atoms with Crippen LogP contribution in [0, 0.1) is 5.92 Å². The molecule has 2 N–H and O–H groups in total. The second kappa shape index (κ2) is 5.01. The lowest BCUT2D eigenvalue weighted by molar-refractivity contribution is -0.143. The van der Waals surface area contributed by atoms with Gasteiger partial charge in [0.1, 0.15) is 0 Å². The molecule has 0 aromatic heterocycles. The van der Waals surface area contributed by atoms with Crippen molar-refractivity contribution in [3.05, 3.63) is 0 Å². The van der Waals surface area contributed by atoms with Gasteiger partial charge in [-0.25, -0.2) is 0 Å². The SMILES string of the molecule is CCC1(O)CN(S(=O)(=O)N2CCC(C(=O)O)CC2)C1. The molecule has 0 radical (unpaired) electrons. The average molecular weight is 292 g/mol. The van der Waals surface area contributed by atoms with E-state index in [0.29, 0.717) is 19.3 Å². The van der Waals surface area contributed by atoms with Crippen molar-refractivity contribution in [2.75, 3.05) is 26.2 Å². The smallest absolute Gasteiger partial charge is 0.306 e. The van der Waals surface area contributed by atoms with Crippen LogP contribution in [-0.4, -0.2) is 65.0 Å². The van der Waals surface area contributed by atoms with Crippen LogP contribution in [0.2, 0.25) is 0 Å². The molecule has 0 amide bonds. The minimum atomic E-state index is -3.54. The Bertz CT molecular complexity index is 450. The largest absolute Gasteiger partial charge is 0.481 e. The Balaban J connectivity index is 1.94. The highest BCUT2D eigenvalue weighted by Gasteiger charge is 2.48. The number of hydrogen-bond acceptors (Lipinski definition) is 4. The molecule has 2 aliphatic heterocycles. The zero-order valence-electron chi connectivity index (χ0n) is 10.9. The van der Waals surface area contributed by atoms with E-state index in [2.05, 4.69) is 0 Å². The second-order valence-corrected chi connectivity index (χ2v) is 7.29. The molecular formula is C11H20N2O5S. The molecule has 0 spiro atoms. The van der Waals surface area contributed by atoms with Crippen molar-refractivity contribution in [1.29, 1.82) is 0 Å². The standard InChI is InChI=1S/C11H20N2O5S/c1-2-11(16)7-13(8-11)19(17,18)12-5-3-9(4-6-12)10(14)15/h9,16H,2-8H2,1H3,(H,14,15). The van der Waals surface area contributed by atoms with Gasteiger partial charge in [-0.05, 0) is 19.3 Å². The van der Waals surface area contributed by atoms with E-state index >= 15 is 0 Å². The van der Waals surface area contributed by atoms with Crippen LogP contribution in [0.5, 0.6) is 0 Å². The number of β-amino-alcohol motifs (C(OH)–C–C–N with tert-alkyl or cyclic N) is 1. The first-order valence-electron chi connectivity index (χ1n) is 6.49. The molecule has 19 heavy (non-hydrogen) atoms. The summed E-state index contributed by atoms with van der Waals surface area (Å²) in [6, 6.07) is 0. The first-order chi connectivity index (χ1) is 8.78. The lowest BCUT2D eigenvalue weighted by Gasteiger charge is -2.47. The van der Waals surface area contributed by atoms with Crippen LogP contribution >= 0.6 is 0 Å². The Morgan fingerprint density at radius 3 is 2.21 bits per heavy atom. The van der Waals surface area contributed by atoms with E-state index in [1.807, 2.05) is 6.92 Å². The Kier molecular flexibility index (Phi) is 3.87. The highest BCUT2D eigenvalue weighted by atomic mass is 32.2. The van der Waals surface area contributed by atoms with Crippen LogP contribution < -0.4 is 0 Å². The van der Waals surface area contributed by atoms with Gasteiger partial charge < -0.3 is 10.2 Å². The van der Waals surface area contributed by atoms with Gasteiger partial charge in [0.25, 0.3) is 10.2 Å². The Hall–Kier alpha value is -0.700. The summed E-state index contributed by atoms with van der Waals surface area (Å²) in [6.07, 6.45) is 1.22. The zero-order chi connectivity index (χ0) is 14.3. The summed E-state index contributed by atoms with van der Waals surface area (Å²) in [6.45, 7) is 2.55. The third kappa shape index (κ3) is 2.76. The van der Waals surface area contributed by atoms with Crippen LogP contribution in [0.3, 0.4) is 0 Å². The first kappa shape index (κ1) is 14.7. The number of aliphatic carboxylic acids is 1. The molecular weight excluding hydrogens is 272 g/mol. The summed E-state index contributed by atoms with van der Waals surface area (Å²) in [5.74, 6) is -1.31. The van der Waals surface area contributed by atoms with Crippen molar-refractivity contribution in [1.82, 2.24) is 8.61 Å². The molecule has 0 aliphatic carbocycles. The van der Waals surface area contributed by atoms with Gasteiger partial charge in [-0.3, -0.25) is 4.79 Å². The molecule has 0 aromatic rings. The minimum Gasteiger partial charge on any atom is -0.481 e. The Labute approximate surface area is 113 Å². The second-order valence-electron chi connectivity index (χ2n) is 5.37. The van der Waals surface area contributed by atoms with E-state index in [0.717, 1.165) is 0 Å². The predicted octanol–water partition coefficient (Wildman–Crippen LogP) is -0.515. The van der Waals surface area contributed by atoms with Crippen LogP contribution in [0.1, 0.15) is 26.2 Å². The van der Waals surface area contributed by atoms with Gasteiger partial charge in [-0.2, -0.15) is 17.0 Å². The molecule has 0 unspecified atom stereocenters. The molecule has 0 bridgehead atoms. The number of carboxylic acids is 1. The van der Waals surface area contributed by atoms with Crippen molar-refractivity contribution >= 4 is 16.2 Å². The van der Waals surface area contributed by atoms with Crippen LogP contribution in [0.15, 0.2) is 0 Å². The minimum absolute atomic E-state index is 0.130. The van der Waals surface area contributed by atoms with Crippen molar-refractivity contribution in [3.63, 3.8) is 0 Å². The number of piperidine rings is 1. The molecule has 0 saturated carbocycles. The highest BCUT2D eigenvalue weighted by Crippen LogP contribution is 2.30. The molecule has 2 fully saturated rings. The quantitative estimate of drug-likeness (QED) is 0.727. The molecule has 2 saturated heterocycles. The molecule has 110 valence electrons. The maximum atomic E-state index is 12.2. The molecule has 8 heteroatoms. The van der Waals surface area contributed by atoms with E-state index in [1.165, 1.54) is 8.61 Å². The fraction of sp³-hybridized carbons (Fsp3) is 0.909. The molecule has 2 rings (SSSR count). The number of nitrogens with zero attached hydrogens (tertiary/aromatic N) is 2. The van der Waals surface area contributed by atoms with Crippen molar-refractivity contribution in [2.45, 2.75) is 31.8 Å². The molecule has 2 heterocycles. The van der Waals surface area contributed by atoms with Crippen LogP contribution in [0.25, 0.3) is 0 Å². The maximum Gasteiger partial charge on any atom is 0.306 e. The Morgan fingerprint density at radius 2 is 1.79 bits per heavy atom. The molecule has 2 aliphatic rings. The van der Waals surface area contributed by atoms with Crippen molar-refractivity contribution in [3.8, 4) is 0 Å². The summed E-state index contributed by atoms with van der Waals surface area (Å²) < 4.78 is 27.1. The highest BCUT2D eigenvalue weighted by molar-refractivity contribution is 7.86. The lowest BCUT2D eigenvalue weighted by atomic mass is 9.94. The summed E-state index contributed by atoms with van der Waals surface area (Å²) in [4.78, 5) is 10.8. The normalized spacial score (nSPS) is 26.0. The van der Waals surface area contributed by atoms with Gasteiger partial charge in [0.15, 0.2) is 0 Å². The van der Waals surface area contributed by atoms with Gasteiger partial charge in [0.2, 0.25) is 0 Å². The maximum absolute atomic E-state index is 12.2. The number of rotatable bonds is 4. The van der Waals surface area contributed by atoms with E-state index in [-0.39, 0.29) is 26.2 Å². The molecule has 0 aromatic carbocycles. The summed E-state index contributed by atoms with van der Waals surface area (Å²) in [5, 5.41) is 18.7. The summed E-state index contributed by atoms with van der Waals surface area (Å²) >= 11 is 0. The number of carboxylic acid groups (broad SMARTS) is 1. The van der Waals surface area contributed by atoms with Gasteiger partial charge >= 0.3 is 5.97 Å². The first-order valence-corrected chi connectivity index (χ1v) is 7.88. The van der Waals surface area contributed by atoms with E-state index in [4.69, 9.17) is 5.11 Å². The van der Waals surface area contributed by atoms with Crippen molar-refractivity contribution < 1.29 is 23.4 Å². The molecule has 7 nitrogen and oxygen atoms in total. The topological polar surface area (TPSA) is 98.2 Å². The third-order valence-corrected chi connectivity index (χ3v) is 5.98. The van der Waals surface area contributed by atoms with Crippen molar-refractivity contribution in [2.24, 2.45) is 5.92 Å². The monoisotopic (exact) mass is 292 g/mol. The number of hydrogen-bond donors (Lipinski definition) is 2. The Morgan fingerprint density at radius 1 is 1.26 bits per heavy atom. The average Bonchev–Trinajstić information content (AvgIpc) is 2.35. The third-order valence-electron chi connectivity index (χ3n) is 4.06. The number of carbonyl (C=O) groups is 1. The fourth-order valence-electron chi connectivity index (χ4n) is 2.49. The summed E-state index contributed by atoms with van der Waals surface area (Å²) in [7, 11) is -3.54. The summed E-state index contributed by atoms with van der Waals surface area (Å²) in [5.41, 5.74) is -0.896.